The van der Waals surface area contributed by atoms with E-state index in [-0.39, 0.29) is 17.4 Å². The third kappa shape index (κ3) is 2.62. The SMILES string of the molecule is Cc1cc(=O)n2[nH]c(C3CCCN(C(=O)c4cscn4)C3)cc2n1. The van der Waals surface area contributed by atoms with Crippen molar-refractivity contribution in [3.8, 4) is 0 Å². The Bertz CT molecular complexity index is 943. The van der Waals surface area contributed by atoms with Gasteiger partial charge in [-0.2, -0.15) is 0 Å². The lowest BCUT2D eigenvalue weighted by Crippen LogP contribution is -2.39. The average molecular weight is 343 g/mol. The maximum Gasteiger partial charge on any atom is 0.273 e. The molecule has 4 heterocycles. The van der Waals surface area contributed by atoms with Crippen LogP contribution in [0.2, 0.25) is 0 Å². The normalized spacial score (nSPS) is 18.2. The minimum atomic E-state index is -0.116. The molecule has 1 N–H and O–H groups in total. The molecule has 1 aliphatic heterocycles. The molecule has 1 unspecified atom stereocenters. The molecule has 1 fully saturated rings. The summed E-state index contributed by atoms with van der Waals surface area (Å²) in [6, 6.07) is 3.42. The Balaban J connectivity index is 1.61. The molecule has 1 aliphatic rings. The quantitative estimate of drug-likeness (QED) is 0.769. The molecule has 1 saturated heterocycles. The summed E-state index contributed by atoms with van der Waals surface area (Å²) in [4.78, 5) is 34.9. The Hall–Kier alpha value is -2.48. The third-order valence-electron chi connectivity index (χ3n) is 4.40. The molecular formula is C16H17N5O2S. The fourth-order valence-corrected chi connectivity index (χ4v) is 3.76. The average Bonchev–Trinajstić information content (AvgIpc) is 3.23. The number of piperidine rings is 1. The Labute approximate surface area is 142 Å². The van der Waals surface area contributed by atoms with E-state index in [0.717, 1.165) is 25.1 Å². The van der Waals surface area contributed by atoms with Crippen LogP contribution in [-0.2, 0) is 0 Å². The number of H-pyrrole nitrogens is 1. The summed E-state index contributed by atoms with van der Waals surface area (Å²) in [7, 11) is 0. The summed E-state index contributed by atoms with van der Waals surface area (Å²) >= 11 is 1.42. The lowest BCUT2D eigenvalue weighted by Gasteiger charge is -2.31. The van der Waals surface area contributed by atoms with Crippen molar-refractivity contribution >= 4 is 22.9 Å². The zero-order valence-corrected chi connectivity index (χ0v) is 14.0. The molecule has 0 bridgehead atoms. The Morgan fingerprint density at radius 1 is 1.42 bits per heavy atom. The van der Waals surface area contributed by atoms with Crippen molar-refractivity contribution in [2.45, 2.75) is 25.7 Å². The number of thiazole rings is 1. The second kappa shape index (κ2) is 5.86. The molecule has 4 rings (SSSR count). The van der Waals surface area contributed by atoms with E-state index >= 15 is 0 Å². The summed E-state index contributed by atoms with van der Waals surface area (Å²) in [6.45, 7) is 3.17. The van der Waals surface area contributed by atoms with Crippen molar-refractivity contribution in [2.75, 3.05) is 13.1 Å². The molecule has 0 aliphatic carbocycles. The topological polar surface area (TPSA) is 83.4 Å². The van der Waals surface area contributed by atoms with E-state index < -0.39 is 0 Å². The van der Waals surface area contributed by atoms with Gasteiger partial charge in [0.15, 0.2) is 5.65 Å². The van der Waals surface area contributed by atoms with Crippen molar-refractivity contribution in [3.05, 3.63) is 50.5 Å². The Morgan fingerprint density at radius 2 is 2.29 bits per heavy atom. The van der Waals surface area contributed by atoms with Crippen LogP contribution >= 0.6 is 11.3 Å². The van der Waals surface area contributed by atoms with E-state index in [2.05, 4.69) is 15.1 Å². The van der Waals surface area contributed by atoms with Crippen LogP contribution in [-0.4, -0.2) is 43.5 Å². The first-order valence-electron chi connectivity index (χ1n) is 7.88. The number of carbonyl (C=O) groups is 1. The number of nitrogens with one attached hydrogen (secondary N) is 1. The van der Waals surface area contributed by atoms with Crippen LogP contribution in [0.3, 0.4) is 0 Å². The van der Waals surface area contributed by atoms with E-state index in [4.69, 9.17) is 0 Å². The van der Waals surface area contributed by atoms with Crippen molar-refractivity contribution in [2.24, 2.45) is 0 Å². The van der Waals surface area contributed by atoms with Gasteiger partial charge >= 0.3 is 0 Å². The van der Waals surface area contributed by atoms with Gasteiger partial charge < -0.3 is 4.90 Å². The van der Waals surface area contributed by atoms with Gasteiger partial charge in [0, 0.05) is 47.9 Å². The summed E-state index contributed by atoms with van der Waals surface area (Å²) in [5, 5.41) is 4.92. The third-order valence-corrected chi connectivity index (χ3v) is 4.98. The first kappa shape index (κ1) is 15.1. The molecule has 24 heavy (non-hydrogen) atoms. The van der Waals surface area contributed by atoms with Gasteiger partial charge in [0.05, 0.1) is 5.51 Å². The molecule has 3 aromatic rings. The highest BCUT2D eigenvalue weighted by molar-refractivity contribution is 7.07. The standard InChI is InChI=1S/C16H17N5O2S/c1-10-5-15(22)21-14(18-10)6-12(19-21)11-3-2-4-20(7-11)16(23)13-8-24-9-17-13/h5-6,8-9,11,19H,2-4,7H2,1H3. The van der Waals surface area contributed by atoms with Crippen LogP contribution in [0.5, 0.6) is 0 Å². The number of aryl methyl sites for hydroxylation is 1. The van der Waals surface area contributed by atoms with E-state index in [9.17, 15) is 9.59 Å². The molecule has 7 nitrogen and oxygen atoms in total. The van der Waals surface area contributed by atoms with Crippen molar-refractivity contribution in [3.63, 3.8) is 0 Å². The van der Waals surface area contributed by atoms with Gasteiger partial charge in [-0.15, -0.1) is 11.3 Å². The first-order chi connectivity index (χ1) is 11.6. The lowest BCUT2D eigenvalue weighted by molar-refractivity contribution is 0.0700. The van der Waals surface area contributed by atoms with E-state index in [1.165, 1.54) is 21.9 Å². The molecule has 8 heteroatoms. The number of nitrogens with zero attached hydrogens (tertiary/aromatic N) is 4. The van der Waals surface area contributed by atoms with Gasteiger partial charge in [-0.1, -0.05) is 0 Å². The molecule has 0 radical (unpaired) electrons. The van der Waals surface area contributed by atoms with Crippen LogP contribution in [0, 0.1) is 6.92 Å². The number of amides is 1. The van der Waals surface area contributed by atoms with Gasteiger partial charge in [0.2, 0.25) is 0 Å². The molecule has 1 amide bonds. The predicted octanol–water partition coefficient (Wildman–Crippen LogP) is 1.81. The van der Waals surface area contributed by atoms with E-state index in [0.29, 0.717) is 23.6 Å². The van der Waals surface area contributed by atoms with Crippen LogP contribution in [0.25, 0.3) is 5.65 Å². The summed E-state index contributed by atoms with van der Waals surface area (Å²) < 4.78 is 1.46. The summed E-state index contributed by atoms with van der Waals surface area (Å²) in [5.41, 5.74) is 4.33. The van der Waals surface area contributed by atoms with E-state index in [1.807, 2.05) is 17.9 Å². The predicted molar refractivity (Wildman–Crippen MR) is 90.5 cm³/mol. The van der Waals surface area contributed by atoms with Crippen molar-refractivity contribution < 1.29 is 4.79 Å². The summed E-state index contributed by atoms with van der Waals surface area (Å²) in [6.07, 6.45) is 1.90. The minimum Gasteiger partial charge on any atom is -0.337 e. The smallest absolute Gasteiger partial charge is 0.273 e. The zero-order valence-electron chi connectivity index (χ0n) is 13.2. The number of aromatic amines is 1. The van der Waals surface area contributed by atoms with Gasteiger partial charge in [-0.3, -0.25) is 14.7 Å². The molecule has 1 atom stereocenters. The first-order valence-corrected chi connectivity index (χ1v) is 8.83. The largest absolute Gasteiger partial charge is 0.337 e. The second-order valence-corrected chi connectivity index (χ2v) is 6.82. The highest BCUT2D eigenvalue weighted by Crippen LogP contribution is 2.27. The molecule has 0 spiro atoms. The van der Waals surface area contributed by atoms with Crippen LogP contribution in [0.15, 0.2) is 27.8 Å². The maximum atomic E-state index is 12.5. The zero-order chi connectivity index (χ0) is 16.7. The van der Waals surface area contributed by atoms with Crippen molar-refractivity contribution in [1.82, 2.24) is 24.5 Å². The second-order valence-electron chi connectivity index (χ2n) is 6.10. The number of hydrogen-bond donors (Lipinski definition) is 1. The summed E-state index contributed by atoms with van der Waals surface area (Å²) in [5.74, 6) is 0.144. The Kier molecular flexibility index (Phi) is 3.68. The molecule has 124 valence electrons. The number of hydrogen-bond acceptors (Lipinski definition) is 5. The van der Waals surface area contributed by atoms with Crippen LogP contribution < -0.4 is 5.56 Å². The molecule has 3 aromatic heterocycles. The van der Waals surface area contributed by atoms with Gasteiger partial charge in [0.25, 0.3) is 11.5 Å². The minimum absolute atomic E-state index is 0.0248. The molecule has 0 saturated carbocycles. The highest BCUT2D eigenvalue weighted by atomic mass is 32.1. The Morgan fingerprint density at radius 3 is 3.08 bits per heavy atom. The number of rotatable bonds is 2. The maximum absolute atomic E-state index is 12.5. The lowest BCUT2D eigenvalue weighted by atomic mass is 9.94. The molecule has 0 aromatic carbocycles. The van der Waals surface area contributed by atoms with E-state index in [1.54, 1.807) is 10.9 Å². The number of aromatic nitrogens is 4. The van der Waals surface area contributed by atoms with Gasteiger partial charge in [0.1, 0.15) is 5.69 Å². The van der Waals surface area contributed by atoms with Crippen LogP contribution in [0.1, 0.15) is 40.6 Å². The van der Waals surface area contributed by atoms with Crippen LogP contribution in [0.4, 0.5) is 0 Å². The molecular weight excluding hydrogens is 326 g/mol. The van der Waals surface area contributed by atoms with Gasteiger partial charge in [-0.05, 0) is 19.8 Å². The van der Waals surface area contributed by atoms with Gasteiger partial charge in [-0.25, -0.2) is 14.5 Å². The number of likely N-dealkylation sites (tertiary alicyclic amines) is 1. The fourth-order valence-electron chi connectivity index (χ4n) is 3.23. The van der Waals surface area contributed by atoms with Crippen molar-refractivity contribution in [1.29, 1.82) is 0 Å². The fraction of sp³-hybridized carbons (Fsp3) is 0.375. The number of carbonyl (C=O) groups excluding carboxylic acids is 1. The number of fused-ring (bicyclic) bond motifs is 1. The highest BCUT2D eigenvalue weighted by Gasteiger charge is 2.27. The monoisotopic (exact) mass is 343 g/mol.